The summed E-state index contributed by atoms with van der Waals surface area (Å²) in [6.45, 7) is 0. The SMILES string of the molecule is O=C1CS(=O)c2ccc(S(=O)C(F)(F)C(F)(F)C(F)(F)F)cc2N1. The number of fused-ring (bicyclic) bond motifs is 1. The fourth-order valence-corrected chi connectivity index (χ4v) is 3.84. The van der Waals surface area contributed by atoms with Crippen LogP contribution in [0.4, 0.5) is 36.4 Å². The van der Waals surface area contributed by atoms with Crippen LogP contribution in [0.2, 0.25) is 0 Å². The average molecular weight is 397 g/mol. The van der Waals surface area contributed by atoms with Gasteiger partial charge in [0.05, 0.1) is 21.4 Å². The molecular weight excluding hydrogens is 391 g/mol. The van der Waals surface area contributed by atoms with Crippen molar-refractivity contribution in [2.75, 3.05) is 11.1 Å². The first-order valence-corrected chi connectivity index (χ1v) is 8.32. The number of amides is 1. The third-order valence-electron chi connectivity index (χ3n) is 2.90. The number of alkyl halides is 7. The van der Waals surface area contributed by atoms with Gasteiger partial charge in [-0.25, -0.2) is 4.21 Å². The van der Waals surface area contributed by atoms with Crippen molar-refractivity contribution in [2.45, 2.75) is 27.1 Å². The lowest BCUT2D eigenvalue weighted by Crippen LogP contribution is -2.54. The molecule has 0 aliphatic carbocycles. The molecule has 1 aromatic carbocycles. The summed E-state index contributed by atoms with van der Waals surface area (Å²) in [5, 5.41) is -3.86. The molecular formula is C11H6F7NO3S2. The van der Waals surface area contributed by atoms with E-state index in [1.807, 2.05) is 0 Å². The third-order valence-corrected chi connectivity index (χ3v) is 5.68. The van der Waals surface area contributed by atoms with E-state index in [1.54, 1.807) is 0 Å². The quantitative estimate of drug-likeness (QED) is 0.798. The van der Waals surface area contributed by atoms with Crippen LogP contribution >= 0.6 is 0 Å². The Balaban J connectivity index is 2.46. The highest BCUT2D eigenvalue weighted by Crippen LogP contribution is 2.49. The van der Waals surface area contributed by atoms with Crippen LogP contribution in [-0.2, 0) is 26.4 Å². The number of hydrogen-bond donors (Lipinski definition) is 1. The zero-order chi connectivity index (χ0) is 18.5. The van der Waals surface area contributed by atoms with Crippen molar-refractivity contribution in [1.29, 1.82) is 0 Å². The van der Waals surface area contributed by atoms with Gasteiger partial charge in [0, 0.05) is 4.90 Å². The number of rotatable bonds is 3. The number of halogens is 7. The second kappa shape index (κ2) is 5.79. The van der Waals surface area contributed by atoms with E-state index >= 15 is 0 Å². The van der Waals surface area contributed by atoms with Gasteiger partial charge >= 0.3 is 17.4 Å². The van der Waals surface area contributed by atoms with Gasteiger partial charge in [-0.15, -0.1) is 0 Å². The molecule has 1 N–H and O–H groups in total. The maximum atomic E-state index is 13.4. The van der Waals surface area contributed by atoms with Crippen LogP contribution in [-0.4, -0.2) is 37.4 Å². The Bertz CT molecular complexity index is 748. The van der Waals surface area contributed by atoms with E-state index < -0.39 is 55.5 Å². The summed E-state index contributed by atoms with van der Waals surface area (Å²) in [5.41, 5.74) is -0.346. The van der Waals surface area contributed by atoms with Gasteiger partial charge in [0.1, 0.15) is 16.6 Å². The molecule has 0 saturated heterocycles. The minimum absolute atomic E-state index is 0.0544. The lowest BCUT2D eigenvalue weighted by atomic mass is 10.3. The predicted octanol–water partition coefficient (Wildman–Crippen LogP) is 2.64. The van der Waals surface area contributed by atoms with Gasteiger partial charge in [-0.3, -0.25) is 9.00 Å². The summed E-state index contributed by atoms with van der Waals surface area (Å²) in [4.78, 5) is 10.1. The molecule has 2 unspecified atom stereocenters. The van der Waals surface area contributed by atoms with E-state index in [1.165, 1.54) is 0 Å². The van der Waals surface area contributed by atoms with Crippen LogP contribution < -0.4 is 5.32 Å². The molecule has 1 heterocycles. The largest absolute Gasteiger partial charge is 0.461 e. The lowest BCUT2D eigenvalue weighted by molar-refractivity contribution is -0.331. The van der Waals surface area contributed by atoms with Gasteiger partial charge in [-0.2, -0.15) is 30.7 Å². The minimum atomic E-state index is -6.61. The van der Waals surface area contributed by atoms with Crippen molar-refractivity contribution in [2.24, 2.45) is 0 Å². The molecule has 24 heavy (non-hydrogen) atoms. The highest BCUT2D eigenvalue weighted by Gasteiger charge is 2.76. The standard InChI is InChI=1S/C11H6F7NO3S2/c12-9(13,10(14,15)16)11(17,18)24(22)5-1-2-7-6(3-5)19-8(20)4-23(7)21/h1-3H,4H2,(H,19,20). The van der Waals surface area contributed by atoms with Crippen LogP contribution in [0.3, 0.4) is 0 Å². The summed E-state index contributed by atoms with van der Waals surface area (Å²) in [6, 6.07) is 1.98. The summed E-state index contributed by atoms with van der Waals surface area (Å²) < 4.78 is 112. The molecule has 2 rings (SSSR count). The molecule has 0 aromatic heterocycles. The molecule has 1 amide bonds. The molecule has 0 fully saturated rings. The number of hydrogen-bond acceptors (Lipinski definition) is 3. The normalized spacial score (nSPS) is 20.3. The summed E-state index contributed by atoms with van der Waals surface area (Å²) in [5.74, 6) is -7.75. The van der Waals surface area contributed by atoms with Gasteiger partial charge in [0.2, 0.25) is 5.91 Å². The van der Waals surface area contributed by atoms with Crippen molar-refractivity contribution in [1.82, 2.24) is 0 Å². The zero-order valence-electron chi connectivity index (χ0n) is 11.1. The van der Waals surface area contributed by atoms with E-state index in [0.29, 0.717) is 12.1 Å². The van der Waals surface area contributed by atoms with E-state index in [-0.39, 0.29) is 10.6 Å². The molecule has 2 atom stereocenters. The van der Waals surface area contributed by atoms with Crippen LogP contribution in [0.25, 0.3) is 0 Å². The Morgan fingerprint density at radius 2 is 1.67 bits per heavy atom. The number of anilines is 1. The number of carbonyl (C=O) groups is 1. The minimum Gasteiger partial charge on any atom is -0.324 e. The summed E-state index contributed by atoms with van der Waals surface area (Å²) >= 11 is 0. The molecule has 0 saturated carbocycles. The van der Waals surface area contributed by atoms with E-state index in [4.69, 9.17) is 0 Å². The van der Waals surface area contributed by atoms with Crippen molar-refractivity contribution >= 4 is 33.2 Å². The first-order chi connectivity index (χ1) is 10.8. The highest BCUT2D eigenvalue weighted by atomic mass is 32.2. The van der Waals surface area contributed by atoms with Crippen LogP contribution in [0.5, 0.6) is 0 Å². The van der Waals surface area contributed by atoms with Gasteiger partial charge in [0.25, 0.3) is 0 Å². The van der Waals surface area contributed by atoms with Crippen LogP contribution in [0, 0.1) is 0 Å². The highest BCUT2D eigenvalue weighted by molar-refractivity contribution is 7.86. The Morgan fingerprint density at radius 1 is 1.08 bits per heavy atom. The van der Waals surface area contributed by atoms with E-state index in [0.717, 1.165) is 6.07 Å². The number of benzene rings is 1. The van der Waals surface area contributed by atoms with Gasteiger partial charge in [-0.1, -0.05) is 0 Å². The zero-order valence-corrected chi connectivity index (χ0v) is 12.8. The van der Waals surface area contributed by atoms with Gasteiger partial charge < -0.3 is 5.32 Å². The second-order valence-electron chi connectivity index (χ2n) is 4.55. The monoisotopic (exact) mass is 397 g/mol. The molecule has 0 radical (unpaired) electrons. The number of nitrogens with one attached hydrogen (secondary N) is 1. The second-order valence-corrected chi connectivity index (χ2v) is 7.49. The fourth-order valence-electron chi connectivity index (χ4n) is 1.73. The molecule has 134 valence electrons. The Hall–Kier alpha value is -1.50. The first-order valence-electron chi connectivity index (χ1n) is 5.85. The Morgan fingerprint density at radius 3 is 2.21 bits per heavy atom. The molecule has 13 heteroatoms. The summed E-state index contributed by atoms with van der Waals surface area (Å²) in [7, 11) is -5.93. The van der Waals surface area contributed by atoms with Gasteiger partial charge in [0.15, 0.2) is 0 Å². The molecule has 0 bridgehead atoms. The smallest absolute Gasteiger partial charge is 0.324 e. The Kier molecular flexibility index (Phi) is 4.54. The topological polar surface area (TPSA) is 63.2 Å². The van der Waals surface area contributed by atoms with Crippen molar-refractivity contribution in [3.05, 3.63) is 18.2 Å². The Labute approximate surface area is 134 Å². The summed E-state index contributed by atoms with van der Waals surface area (Å²) in [6.07, 6.45) is -6.61. The van der Waals surface area contributed by atoms with Crippen LogP contribution in [0.1, 0.15) is 0 Å². The van der Waals surface area contributed by atoms with Crippen molar-refractivity contribution < 1.29 is 43.9 Å². The molecule has 0 spiro atoms. The average Bonchev–Trinajstić information content (AvgIpc) is 2.44. The predicted molar refractivity (Wildman–Crippen MR) is 68.7 cm³/mol. The first kappa shape index (κ1) is 18.8. The lowest BCUT2D eigenvalue weighted by Gasteiger charge is -2.27. The maximum absolute atomic E-state index is 13.4. The fraction of sp³-hybridized carbons (Fsp3) is 0.364. The van der Waals surface area contributed by atoms with E-state index in [9.17, 15) is 43.9 Å². The van der Waals surface area contributed by atoms with Crippen molar-refractivity contribution in [3.8, 4) is 0 Å². The van der Waals surface area contributed by atoms with E-state index in [2.05, 4.69) is 5.32 Å². The third kappa shape index (κ3) is 2.94. The van der Waals surface area contributed by atoms with Crippen LogP contribution in [0.15, 0.2) is 28.0 Å². The van der Waals surface area contributed by atoms with Gasteiger partial charge in [-0.05, 0) is 18.2 Å². The molecule has 1 aliphatic heterocycles. The van der Waals surface area contributed by atoms with Crippen molar-refractivity contribution in [3.63, 3.8) is 0 Å². The molecule has 1 aromatic rings. The molecule has 1 aliphatic rings. The number of carbonyl (C=O) groups excluding carboxylic acids is 1. The molecule has 4 nitrogen and oxygen atoms in total. The maximum Gasteiger partial charge on any atom is 0.461 e.